The van der Waals surface area contributed by atoms with E-state index in [2.05, 4.69) is 22.4 Å². The van der Waals surface area contributed by atoms with Crippen LogP contribution in [0.3, 0.4) is 0 Å². The highest BCUT2D eigenvalue weighted by Crippen LogP contribution is 2.28. The molecule has 106 valence electrons. The summed E-state index contributed by atoms with van der Waals surface area (Å²) >= 11 is 0. The van der Waals surface area contributed by atoms with Crippen LogP contribution in [0.5, 0.6) is 5.75 Å². The Morgan fingerprint density at radius 2 is 2.30 bits per heavy atom. The van der Waals surface area contributed by atoms with Crippen LogP contribution in [0.1, 0.15) is 25.7 Å². The number of ether oxygens (including phenoxy) is 1. The normalized spacial score (nSPS) is 22.1. The van der Waals surface area contributed by atoms with Gasteiger partial charge in [0.2, 0.25) is 11.7 Å². The van der Waals surface area contributed by atoms with Crippen LogP contribution in [0.15, 0.2) is 28.8 Å². The highest BCUT2D eigenvalue weighted by atomic mass is 16.5. The van der Waals surface area contributed by atoms with Gasteiger partial charge in [0.1, 0.15) is 5.75 Å². The highest BCUT2D eigenvalue weighted by molar-refractivity contribution is 5.56. The number of hydrogen-bond acceptors (Lipinski definition) is 5. The van der Waals surface area contributed by atoms with E-state index in [9.17, 15) is 0 Å². The SMILES string of the molecule is CCOc1cccc(-c2noc([C@@H]3CNC[C@H]3C)n2)c1. The molecule has 1 aliphatic heterocycles. The lowest BCUT2D eigenvalue weighted by Gasteiger charge is -2.07. The van der Waals surface area contributed by atoms with Gasteiger partial charge < -0.3 is 14.6 Å². The van der Waals surface area contributed by atoms with E-state index in [-0.39, 0.29) is 0 Å². The third-order valence-electron chi connectivity index (χ3n) is 3.68. The van der Waals surface area contributed by atoms with Crippen molar-refractivity contribution in [1.82, 2.24) is 15.5 Å². The summed E-state index contributed by atoms with van der Waals surface area (Å²) in [5.41, 5.74) is 0.921. The van der Waals surface area contributed by atoms with E-state index in [0.29, 0.717) is 24.3 Å². The molecule has 5 nitrogen and oxygen atoms in total. The summed E-state index contributed by atoms with van der Waals surface area (Å²) in [5.74, 6) is 3.01. The van der Waals surface area contributed by atoms with Crippen LogP contribution in [-0.2, 0) is 0 Å². The smallest absolute Gasteiger partial charge is 0.231 e. The van der Waals surface area contributed by atoms with Gasteiger partial charge in [-0.05, 0) is 31.5 Å². The Balaban J connectivity index is 1.84. The average Bonchev–Trinajstić information content (AvgIpc) is 3.08. The van der Waals surface area contributed by atoms with Crippen LogP contribution in [0.2, 0.25) is 0 Å². The van der Waals surface area contributed by atoms with Crippen LogP contribution in [-0.4, -0.2) is 29.8 Å². The molecule has 5 heteroatoms. The van der Waals surface area contributed by atoms with E-state index in [1.54, 1.807) is 0 Å². The van der Waals surface area contributed by atoms with Crippen molar-refractivity contribution in [2.24, 2.45) is 5.92 Å². The zero-order valence-electron chi connectivity index (χ0n) is 11.8. The van der Waals surface area contributed by atoms with E-state index in [4.69, 9.17) is 9.26 Å². The summed E-state index contributed by atoms with van der Waals surface area (Å²) in [6, 6.07) is 7.77. The van der Waals surface area contributed by atoms with Crippen molar-refractivity contribution >= 4 is 0 Å². The topological polar surface area (TPSA) is 60.2 Å². The molecule has 0 spiro atoms. The number of nitrogens with one attached hydrogen (secondary N) is 1. The average molecular weight is 273 g/mol. The largest absolute Gasteiger partial charge is 0.494 e. The summed E-state index contributed by atoms with van der Waals surface area (Å²) in [6.45, 7) is 6.72. The summed E-state index contributed by atoms with van der Waals surface area (Å²) in [4.78, 5) is 4.54. The minimum absolute atomic E-state index is 0.311. The molecule has 0 aliphatic carbocycles. The van der Waals surface area contributed by atoms with Gasteiger partial charge in [-0.25, -0.2) is 0 Å². The zero-order chi connectivity index (χ0) is 13.9. The van der Waals surface area contributed by atoms with Gasteiger partial charge in [-0.1, -0.05) is 24.2 Å². The Hall–Kier alpha value is -1.88. The molecular weight excluding hydrogens is 254 g/mol. The van der Waals surface area contributed by atoms with Crippen molar-refractivity contribution in [3.63, 3.8) is 0 Å². The molecule has 1 aromatic heterocycles. The first-order valence-electron chi connectivity index (χ1n) is 7.05. The lowest BCUT2D eigenvalue weighted by atomic mass is 9.98. The number of hydrogen-bond donors (Lipinski definition) is 1. The molecule has 2 heterocycles. The molecular formula is C15H19N3O2. The van der Waals surface area contributed by atoms with Gasteiger partial charge >= 0.3 is 0 Å². The van der Waals surface area contributed by atoms with Crippen molar-refractivity contribution < 1.29 is 9.26 Å². The Bertz CT molecular complexity index is 582. The lowest BCUT2D eigenvalue weighted by Crippen LogP contribution is -2.08. The Morgan fingerprint density at radius 3 is 3.05 bits per heavy atom. The third kappa shape index (κ3) is 2.54. The fraction of sp³-hybridized carbons (Fsp3) is 0.467. The van der Waals surface area contributed by atoms with E-state index in [0.717, 1.165) is 30.3 Å². The van der Waals surface area contributed by atoms with Gasteiger partial charge in [0.05, 0.1) is 12.5 Å². The molecule has 0 saturated carbocycles. The van der Waals surface area contributed by atoms with Crippen LogP contribution in [0.25, 0.3) is 11.4 Å². The van der Waals surface area contributed by atoms with Crippen molar-refractivity contribution in [3.8, 4) is 17.1 Å². The van der Waals surface area contributed by atoms with Gasteiger partial charge in [0.15, 0.2) is 0 Å². The maximum atomic E-state index is 5.50. The lowest BCUT2D eigenvalue weighted by molar-refractivity contribution is 0.339. The maximum Gasteiger partial charge on any atom is 0.231 e. The summed E-state index contributed by atoms with van der Waals surface area (Å²) in [5, 5.41) is 7.44. The molecule has 1 aromatic carbocycles. The molecule has 1 aliphatic rings. The Morgan fingerprint density at radius 1 is 1.40 bits per heavy atom. The Kier molecular flexibility index (Phi) is 3.69. The molecule has 2 aromatic rings. The molecule has 0 amide bonds. The van der Waals surface area contributed by atoms with Crippen LogP contribution >= 0.6 is 0 Å². The van der Waals surface area contributed by atoms with Crippen molar-refractivity contribution in [1.29, 1.82) is 0 Å². The quantitative estimate of drug-likeness (QED) is 0.927. The predicted molar refractivity (Wildman–Crippen MR) is 75.7 cm³/mol. The Labute approximate surface area is 118 Å². The van der Waals surface area contributed by atoms with Crippen LogP contribution < -0.4 is 10.1 Å². The van der Waals surface area contributed by atoms with E-state index >= 15 is 0 Å². The second kappa shape index (κ2) is 5.63. The molecule has 0 bridgehead atoms. The van der Waals surface area contributed by atoms with Crippen molar-refractivity contribution in [2.75, 3.05) is 19.7 Å². The monoisotopic (exact) mass is 273 g/mol. The first-order chi connectivity index (χ1) is 9.78. The van der Waals surface area contributed by atoms with Gasteiger partial charge in [0.25, 0.3) is 0 Å². The first kappa shape index (κ1) is 13.1. The third-order valence-corrected chi connectivity index (χ3v) is 3.68. The van der Waals surface area contributed by atoms with Gasteiger partial charge in [0, 0.05) is 12.1 Å². The van der Waals surface area contributed by atoms with E-state index in [1.807, 2.05) is 31.2 Å². The van der Waals surface area contributed by atoms with E-state index in [1.165, 1.54) is 0 Å². The standard InChI is InChI=1S/C15H19N3O2/c1-3-19-12-6-4-5-11(7-12)14-17-15(20-18-14)13-9-16-8-10(13)2/h4-7,10,13,16H,3,8-9H2,1-2H3/t10-,13-/m1/s1. The number of benzene rings is 1. The molecule has 2 atom stereocenters. The number of rotatable bonds is 4. The molecule has 1 N–H and O–H groups in total. The summed E-state index contributed by atoms with van der Waals surface area (Å²) in [7, 11) is 0. The predicted octanol–water partition coefficient (Wildman–Crippen LogP) is 2.46. The molecule has 1 fully saturated rings. The number of aromatic nitrogens is 2. The van der Waals surface area contributed by atoms with E-state index < -0.39 is 0 Å². The number of nitrogens with zero attached hydrogens (tertiary/aromatic N) is 2. The van der Waals surface area contributed by atoms with Crippen LogP contribution in [0.4, 0.5) is 0 Å². The molecule has 0 unspecified atom stereocenters. The second-order valence-corrected chi connectivity index (χ2v) is 5.16. The van der Waals surface area contributed by atoms with Crippen molar-refractivity contribution in [2.45, 2.75) is 19.8 Å². The van der Waals surface area contributed by atoms with Crippen molar-refractivity contribution in [3.05, 3.63) is 30.2 Å². The molecule has 3 rings (SSSR count). The summed E-state index contributed by atoms with van der Waals surface area (Å²) in [6.07, 6.45) is 0. The fourth-order valence-corrected chi connectivity index (χ4v) is 2.54. The molecule has 1 saturated heterocycles. The van der Waals surface area contributed by atoms with Gasteiger partial charge in [-0.2, -0.15) is 4.98 Å². The van der Waals surface area contributed by atoms with Gasteiger partial charge in [-0.3, -0.25) is 0 Å². The maximum absolute atomic E-state index is 5.50. The molecule has 20 heavy (non-hydrogen) atoms. The zero-order valence-corrected chi connectivity index (χ0v) is 11.8. The highest BCUT2D eigenvalue weighted by Gasteiger charge is 2.29. The van der Waals surface area contributed by atoms with Crippen LogP contribution in [0, 0.1) is 5.92 Å². The fourth-order valence-electron chi connectivity index (χ4n) is 2.54. The summed E-state index contributed by atoms with van der Waals surface area (Å²) < 4.78 is 10.9. The first-order valence-corrected chi connectivity index (χ1v) is 7.05. The minimum Gasteiger partial charge on any atom is -0.494 e. The van der Waals surface area contributed by atoms with Gasteiger partial charge in [-0.15, -0.1) is 0 Å². The minimum atomic E-state index is 0.311. The second-order valence-electron chi connectivity index (χ2n) is 5.16. The molecule has 0 radical (unpaired) electrons.